The number of nitrogens with zero attached hydrogens (tertiary/aromatic N) is 1. The lowest BCUT2D eigenvalue weighted by molar-refractivity contribution is -0.157. The molecule has 6 nitrogen and oxygen atoms in total. The highest BCUT2D eigenvalue weighted by atomic mass is 16.5. The number of carbonyl (C=O) groups is 2. The number of hydrogen-bond donors (Lipinski definition) is 1. The minimum atomic E-state index is -0.752. The van der Waals surface area contributed by atoms with Gasteiger partial charge in [0.15, 0.2) is 0 Å². The number of aromatic nitrogens is 1. The van der Waals surface area contributed by atoms with E-state index in [4.69, 9.17) is 22.3 Å². The molecule has 0 unspecified atom stereocenters. The van der Waals surface area contributed by atoms with Crippen LogP contribution in [0.5, 0.6) is 5.75 Å². The fourth-order valence-electron chi connectivity index (χ4n) is 2.61. The average molecular weight is 414 g/mol. The normalized spacial score (nSPS) is 11.3. The van der Waals surface area contributed by atoms with Crippen LogP contribution in [0.2, 0.25) is 0 Å². The predicted molar refractivity (Wildman–Crippen MR) is 114 cm³/mol. The molecule has 0 radical (unpaired) electrons. The van der Waals surface area contributed by atoms with E-state index in [1.165, 1.54) is 6.20 Å². The smallest absolute Gasteiger partial charge is 0.311 e. The largest absolute Gasteiger partial charge is 0.506 e. The molecule has 0 aliphatic rings. The van der Waals surface area contributed by atoms with Gasteiger partial charge >= 0.3 is 11.9 Å². The number of terminal acetylenes is 2. The first kappa shape index (κ1) is 25.0. The fraction of sp³-hybridized carbons (Fsp3) is 0.542. The summed E-state index contributed by atoms with van der Waals surface area (Å²) in [5, 5.41) is 10.4. The Hall–Kier alpha value is -2.99. The van der Waals surface area contributed by atoms with Crippen molar-refractivity contribution in [1.82, 2.24) is 4.98 Å². The van der Waals surface area contributed by atoms with Crippen LogP contribution in [0.3, 0.4) is 0 Å². The van der Waals surface area contributed by atoms with Gasteiger partial charge < -0.3 is 14.6 Å². The lowest BCUT2D eigenvalue weighted by atomic mass is 9.88. The highest BCUT2D eigenvalue weighted by molar-refractivity contribution is 5.76. The number of carbonyl (C=O) groups excluding carboxylic acids is 2. The lowest BCUT2D eigenvalue weighted by Crippen LogP contribution is -2.27. The van der Waals surface area contributed by atoms with E-state index in [-0.39, 0.29) is 19.0 Å². The van der Waals surface area contributed by atoms with E-state index in [1.54, 1.807) is 34.6 Å². The molecule has 1 N–H and O–H groups in total. The van der Waals surface area contributed by atoms with Gasteiger partial charge in [0.25, 0.3) is 0 Å². The molecule has 0 fully saturated rings. The average Bonchev–Trinajstić information content (AvgIpc) is 2.70. The first-order valence-corrected chi connectivity index (χ1v) is 9.84. The zero-order valence-corrected chi connectivity index (χ0v) is 18.5. The second-order valence-electron chi connectivity index (χ2n) is 8.52. The molecule has 6 heteroatoms. The molecule has 0 atom stereocenters. The first-order chi connectivity index (χ1) is 14.0. The topological polar surface area (TPSA) is 85.7 Å². The number of aryl methyl sites for hydroxylation is 1. The van der Waals surface area contributed by atoms with Crippen LogP contribution in [-0.4, -0.2) is 22.0 Å². The van der Waals surface area contributed by atoms with Gasteiger partial charge in [0.1, 0.15) is 19.0 Å². The van der Waals surface area contributed by atoms with E-state index in [0.717, 1.165) is 0 Å². The number of esters is 2. The van der Waals surface area contributed by atoms with Crippen LogP contribution in [0.15, 0.2) is 6.20 Å². The molecular weight excluding hydrogens is 382 g/mol. The van der Waals surface area contributed by atoms with Crippen LogP contribution >= 0.6 is 0 Å². The fourth-order valence-corrected chi connectivity index (χ4v) is 2.61. The van der Waals surface area contributed by atoms with Crippen molar-refractivity contribution in [3.63, 3.8) is 0 Å². The van der Waals surface area contributed by atoms with Crippen LogP contribution in [0.25, 0.3) is 0 Å². The summed E-state index contributed by atoms with van der Waals surface area (Å²) in [4.78, 5) is 29.0. The van der Waals surface area contributed by atoms with Crippen molar-refractivity contribution in [1.29, 1.82) is 0 Å². The van der Waals surface area contributed by atoms with Gasteiger partial charge in [-0.25, -0.2) is 0 Å². The summed E-state index contributed by atoms with van der Waals surface area (Å²) >= 11 is 0. The molecular formula is C24H31NO5. The third-order valence-corrected chi connectivity index (χ3v) is 5.03. The molecule has 0 amide bonds. The second kappa shape index (κ2) is 10.7. The van der Waals surface area contributed by atoms with Gasteiger partial charge in [-0.1, -0.05) is 0 Å². The van der Waals surface area contributed by atoms with Crippen LogP contribution < -0.4 is 0 Å². The zero-order valence-electron chi connectivity index (χ0n) is 18.5. The van der Waals surface area contributed by atoms with Gasteiger partial charge in [-0.15, -0.1) is 24.7 Å². The molecule has 0 aromatic carbocycles. The van der Waals surface area contributed by atoms with Crippen molar-refractivity contribution in [2.45, 2.75) is 73.5 Å². The van der Waals surface area contributed by atoms with Crippen LogP contribution in [-0.2, 0) is 32.3 Å². The number of ether oxygens (including phenoxy) is 2. The Morgan fingerprint density at radius 1 is 1.00 bits per heavy atom. The van der Waals surface area contributed by atoms with Crippen molar-refractivity contribution in [3.05, 3.63) is 23.0 Å². The highest BCUT2D eigenvalue weighted by Crippen LogP contribution is 2.30. The van der Waals surface area contributed by atoms with Gasteiger partial charge in [-0.05, 0) is 47.5 Å². The molecule has 0 bridgehead atoms. The van der Waals surface area contributed by atoms with E-state index < -0.39 is 22.8 Å². The van der Waals surface area contributed by atoms with Crippen molar-refractivity contribution in [3.8, 4) is 30.4 Å². The molecule has 0 saturated heterocycles. The third kappa shape index (κ3) is 6.81. The Kier molecular flexibility index (Phi) is 8.93. The van der Waals surface area contributed by atoms with Gasteiger partial charge in [-0.3, -0.25) is 14.6 Å². The van der Waals surface area contributed by atoms with Crippen molar-refractivity contribution in [2.24, 2.45) is 10.8 Å². The van der Waals surface area contributed by atoms with Crippen LogP contribution in [0.4, 0.5) is 0 Å². The molecule has 0 aliphatic heterocycles. The molecule has 162 valence electrons. The number of pyridine rings is 1. The second-order valence-corrected chi connectivity index (χ2v) is 8.52. The van der Waals surface area contributed by atoms with Gasteiger partial charge in [0.2, 0.25) is 0 Å². The Labute approximate surface area is 179 Å². The summed E-state index contributed by atoms with van der Waals surface area (Å²) in [6.07, 6.45) is 14.0. The minimum absolute atomic E-state index is 0.0932. The number of rotatable bonds is 10. The predicted octanol–water partition coefficient (Wildman–Crippen LogP) is 4.06. The maximum absolute atomic E-state index is 12.5. The molecule has 30 heavy (non-hydrogen) atoms. The van der Waals surface area contributed by atoms with E-state index in [1.807, 2.05) is 0 Å². The van der Waals surface area contributed by atoms with E-state index in [0.29, 0.717) is 42.5 Å². The Balaban J connectivity index is 2.92. The molecule has 0 aliphatic carbocycles. The highest BCUT2D eigenvalue weighted by Gasteiger charge is 2.30. The lowest BCUT2D eigenvalue weighted by Gasteiger charge is -2.23. The summed E-state index contributed by atoms with van der Waals surface area (Å²) in [7, 11) is 0. The summed E-state index contributed by atoms with van der Waals surface area (Å²) in [5.41, 5.74) is -0.277. The molecule has 0 spiro atoms. The summed E-state index contributed by atoms with van der Waals surface area (Å²) in [6, 6.07) is 0. The number of aromatic hydroxyl groups is 1. The summed E-state index contributed by atoms with van der Waals surface area (Å²) in [5.74, 6) is 4.11. The Morgan fingerprint density at radius 3 is 1.93 bits per heavy atom. The van der Waals surface area contributed by atoms with E-state index >= 15 is 0 Å². The molecule has 1 aromatic heterocycles. The molecule has 1 rings (SSSR count). The molecule has 1 aromatic rings. The molecule has 0 saturated carbocycles. The van der Waals surface area contributed by atoms with Crippen molar-refractivity contribution < 1.29 is 24.2 Å². The minimum Gasteiger partial charge on any atom is -0.506 e. The maximum atomic E-state index is 12.5. The Morgan fingerprint density at radius 2 is 1.47 bits per heavy atom. The first-order valence-electron chi connectivity index (χ1n) is 9.84. The maximum Gasteiger partial charge on any atom is 0.311 e. The van der Waals surface area contributed by atoms with Crippen molar-refractivity contribution in [2.75, 3.05) is 0 Å². The van der Waals surface area contributed by atoms with Gasteiger partial charge in [0.05, 0.1) is 16.5 Å². The number of hydrogen-bond acceptors (Lipinski definition) is 6. The zero-order chi connectivity index (χ0) is 22.9. The third-order valence-electron chi connectivity index (χ3n) is 5.03. The SMILES string of the molecule is C#CCCC(C)(C)C(=O)OCc1cnc(C)c(O)c1COC(=O)C(C)(C)CCC#C. The monoisotopic (exact) mass is 413 g/mol. The Bertz CT molecular complexity index is 856. The summed E-state index contributed by atoms with van der Waals surface area (Å²) in [6.45, 7) is 8.40. The summed E-state index contributed by atoms with van der Waals surface area (Å²) < 4.78 is 10.9. The standard InChI is InChI=1S/C24H31NO5/c1-8-10-12-23(4,5)21(27)29-15-18-14-25-17(3)20(26)19(18)16-30-22(28)24(6,7)13-11-9-2/h1-2,14,26H,10-13,15-16H2,3-7H3. The van der Waals surface area contributed by atoms with E-state index in [9.17, 15) is 14.7 Å². The van der Waals surface area contributed by atoms with Crippen molar-refractivity contribution >= 4 is 11.9 Å². The van der Waals surface area contributed by atoms with Gasteiger partial charge in [0, 0.05) is 30.2 Å². The van der Waals surface area contributed by atoms with Crippen LogP contribution in [0, 0.1) is 42.4 Å². The van der Waals surface area contributed by atoms with E-state index in [2.05, 4.69) is 16.8 Å². The molecule has 1 heterocycles. The van der Waals surface area contributed by atoms with Gasteiger partial charge in [-0.2, -0.15) is 0 Å². The van der Waals surface area contributed by atoms with Crippen LogP contribution in [0.1, 0.15) is 70.2 Å². The quantitative estimate of drug-likeness (QED) is 0.460.